The first-order valence-corrected chi connectivity index (χ1v) is 16.5. The van der Waals surface area contributed by atoms with Gasteiger partial charge < -0.3 is 0 Å². The summed E-state index contributed by atoms with van der Waals surface area (Å²) in [6, 6.07) is 0. The Hall–Kier alpha value is 1.39. The Bertz CT molecular complexity index is 183. The second kappa shape index (κ2) is 9.32. The van der Waals surface area contributed by atoms with Crippen LogP contribution in [0.5, 0.6) is 0 Å². The van der Waals surface area contributed by atoms with Crippen LogP contribution in [0.3, 0.4) is 0 Å². The van der Waals surface area contributed by atoms with Crippen LogP contribution >= 0.6 is 0 Å². The van der Waals surface area contributed by atoms with Crippen molar-refractivity contribution in [2.45, 2.75) is 82.7 Å². The molecule has 104 valence electrons. The van der Waals surface area contributed by atoms with Crippen molar-refractivity contribution < 1.29 is 35.9 Å². The Morgan fingerprint density at radius 2 is 1.12 bits per heavy atom. The van der Waals surface area contributed by atoms with Crippen LogP contribution in [0.15, 0.2) is 0 Å². The number of unbranched alkanes of at least 4 members (excludes halogenated alkanes) is 2. The van der Waals surface area contributed by atoms with Gasteiger partial charge in [0.1, 0.15) is 0 Å². The van der Waals surface area contributed by atoms with Gasteiger partial charge >= 0.3 is 119 Å². The average molecular weight is 314 g/mol. The van der Waals surface area contributed by atoms with E-state index in [-0.39, 0.29) is 0 Å². The maximum atomic E-state index is 6.90. The molecule has 0 aliphatic rings. The summed E-state index contributed by atoms with van der Waals surface area (Å²) in [6.45, 7) is 9.32. The molecule has 0 heterocycles. The Labute approximate surface area is 118 Å². The molecule has 0 aliphatic heterocycles. The quantitative estimate of drug-likeness (QED) is 0.415. The summed E-state index contributed by atoms with van der Waals surface area (Å²) < 4.78 is 12.5. The van der Waals surface area contributed by atoms with Crippen LogP contribution in [0.25, 0.3) is 0 Å². The summed E-state index contributed by atoms with van der Waals surface area (Å²) in [5.41, 5.74) is 0. The van der Waals surface area contributed by atoms with E-state index in [9.17, 15) is 0 Å². The van der Waals surface area contributed by atoms with Gasteiger partial charge in [-0.05, 0) is 0 Å². The molecule has 0 rings (SSSR count). The van der Waals surface area contributed by atoms with Gasteiger partial charge in [-0.1, -0.05) is 0 Å². The molecule has 1 nitrogen and oxygen atoms in total. The first-order chi connectivity index (χ1) is 7.95. The van der Waals surface area contributed by atoms with E-state index in [2.05, 4.69) is 38.2 Å². The molecule has 0 aromatic carbocycles. The van der Waals surface area contributed by atoms with Gasteiger partial charge in [0.2, 0.25) is 0 Å². The molecule has 0 unspecified atom stereocenters. The molecule has 0 fully saturated rings. The first-order valence-electron chi connectivity index (χ1n) is 7.65. The van der Waals surface area contributed by atoms with Gasteiger partial charge in [-0.15, -0.1) is 0 Å². The van der Waals surface area contributed by atoms with Crippen molar-refractivity contribution in [2.75, 3.05) is 0 Å². The molecular weight excluding hydrogens is 280 g/mol. The standard InChI is InChI=1S/2C4H9.2C2H5.2CH3.O.2Ti/c2*1-3-4-2;2*1-2;;;;;/h2*1,3-4H2,2H3;2*1H2,2H3;2*1H3;;;. The summed E-state index contributed by atoms with van der Waals surface area (Å²) in [5.74, 6) is 0. The summed E-state index contributed by atoms with van der Waals surface area (Å²) in [6.07, 6.45) is 5.45. The van der Waals surface area contributed by atoms with Gasteiger partial charge in [0.05, 0.1) is 0 Å². The second-order valence-electron chi connectivity index (χ2n) is 5.92. The monoisotopic (exact) mass is 314 g/mol. The zero-order valence-electron chi connectivity index (χ0n) is 13.1. The summed E-state index contributed by atoms with van der Waals surface area (Å²) >= 11 is -3.80. The van der Waals surface area contributed by atoms with Crippen LogP contribution in [0, 0.1) is 0 Å². The minimum absolute atomic E-state index is 1.33. The van der Waals surface area contributed by atoms with Crippen molar-refractivity contribution in [3.05, 3.63) is 0 Å². The molecule has 0 N–H and O–H groups in total. The van der Waals surface area contributed by atoms with E-state index in [1.165, 1.54) is 44.6 Å². The third-order valence-corrected chi connectivity index (χ3v) is 21.1. The van der Waals surface area contributed by atoms with Crippen molar-refractivity contribution >= 4 is 0 Å². The normalized spacial score (nSPS) is 13.1. The molecule has 0 aromatic heterocycles. The SMILES string of the molecule is CCC[CH2][Ti]([CH3])([CH2]CCC)[O][Ti]([CH3])([CH2]C)[CH2]C. The first kappa shape index (κ1) is 18.4. The second-order valence-corrected chi connectivity index (χ2v) is 20.4. The fourth-order valence-corrected chi connectivity index (χ4v) is 20.4. The molecule has 0 saturated carbocycles. The number of hydrogen-bond acceptors (Lipinski definition) is 1. The van der Waals surface area contributed by atoms with E-state index < -0.39 is 34.0 Å². The van der Waals surface area contributed by atoms with E-state index in [0.29, 0.717) is 0 Å². The zero-order valence-corrected chi connectivity index (χ0v) is 16.2. The molecule has 0 aromatic rings. The number of rotatable bonds is 10. The van der Waals surface area contributed by atoms with Crippen molar-refractivity contribution in [1.82, 2.24) is 0 Å². The van der Waals surface area contributed by atoms with Gasteiger partial charge in [-0.25, -0.2) is 0 Å². The Morgan fingerprint density at radius 3 is 1.41 bits per heavy atom. The molecule has 0 spiro atoms. The van der Waals surface area contributed by atoms with Crippen LogP contribution in [0.2, 0.25) is 29.4 Å². The van der Waals surface area contributed by atoms with Crippen molar-refractivity contribution in [3.8, 4) is 0 Å². The van der Waals surface area contributed by atoms with Crippen molar-refractivity contribution in [3.63, 3.8) is 0 Å². The van der Waals surface area contributed by atoms with E-state index in [1.54, 1.807) is 0 Å². The van der Waals surface area contributed by atoms with E-state index in [0.717, 1.165) is 0 Å². The molecule has 0 atom stereocenters. The van der Waals surface area contributed by atoms with Crippen molar-refractivity contribution in [1.29, 1.82) is 0 Å². The van der Waals surface area contributed by atoms with Crippen LogP contribution < -0.4 is 0 Å². The maximum absolute atomic E-state index is 6.90. The molecule has 3 heteroatoms. The molecule has 0 radical (unpaired) electrons. The molecular formula is C14H34OTi2. The van der Waals surface area contributed by atoms with E-state index >= 15 is 0 Å². The molecule has 0 aliphatic carbocycles. The third-order valence-electron chi connectivity index (χ3n) is 4.11. The molecule has 0 amide bonds. The van der Waals surface area contributed by atoms with Gasteiger partial charge in [-0.3, -0.25) is 0 Å². The fraction of sp³-hybridized carbons (Fsp3) is 1.00. The Morgan fingerprint density at radius 1 is 0.706 bits per heavy atom. The summed E-state index contributed by atoms with van der Waals surface area (Å²) in [7, 11) is 0. The van der Waals surface area contributed by atoms with Gasteiger partial charge in [0.15, 0.2) is 0 Å². The van der Waals surface area contributed by atoms with Crippen LogP contribution in [-0.2, 0) is 35.9 Å². The van der Waals surface area contributed by atoms with Gasteiger partial charge in [-0.2, -0.15) is 0 Å². The summed E-state index contributed by atoms with van der Waals surface area (Å²) in [4.78, 5) is 0. The molecule has 0 bridgehead atoms. The zero-order chi connectivity index (χ0) is 13.4. The van der Waals surface area contributed by atoms with E-state index in [1.807, 2.05) is 0 Å². The van der Waals surface area contributed by atoms with Gasteiger partial charge in [0.25, 0.3) is 0 Å². The van der Waals surface area contributed by atoms with Crippen LogP contribution in [0.4, 0.5) is 0 Å². The summed E-state index contributed by atoms with van der Waals surface area (Å²) in [5, 5.41) is 5.06. The minimum atomic E-state index is -1.93. The fourth-order valence-electron chi connectivity index (χ4n) is 2.32. The predicted molar refractivity (Wildman–Crippen MR) is 73.2 cm³/mol. The Kier molecular flexibility index (Phi) is 10.1. The topological polar surface area (TPSA) is 9.23 Å². The molecule has 0 saturated heterocycles. The number of hydrogen-bond donors (Lipinski definition) is 0. The molecule has 17 heavy (non-hydrogen) atoms. The van der Waals surface area contributed by atoms with Crippen molar-refractivity contribution in [2.24, 2.45) is 0 Å². The average Bonchev–Trinajstić information content (AvgIpc) is 2.34. The van der Waals surface area contributed by atoms with Crippen LogP contribution in [-0.4, -0.2) is 0 Å². The third kappa shape index (κ3) is 7.53. The van der Waals surface area contributed by atoms with Crippen LogP contribution in [0.1, 0.15) is 53.4 Å². The Balaban J connectivity index is 4.54. The van der Waals surface area contributed by atoms with E-state index in [4.69, 9.17) is 1.90 Å². The predicted octanol–water partition coefficient (Wildman–Crippen LogP) is 6.55. The van der Waals surface area contributed by atoms with Gasteiger partial charge in [0, 0.05) is 0 Å².